The van der Waals surface area contributed by atoms with Crippen molar-refractivity contribution in [2.24, 2.45) is 0 Å². The third-order valence-corrected chi connectivity index (χ3v) is 6.20. The third-order valence-electron chi connectivity index (χ3n) is 5.21. The molecule has 30 heavy (non-hydrogen) atoms. The number of anilines is 1. The first-order chi connectivity index (χ1) is 14.7. The highest BCUT2D eigenvalue weighted by Gasteiger charge is 2.16. The number of rotatable bonds is 7. The van der Waals surface area contributed by atoms with E-state index >= 15 is 0 Å². The van der Waals surface area contributed by atoms with E-state index in [2.05, 4.69) is 40.2 Å². The molecule has 1 aliphatic rings. The van der Waals surface area contributed by atoms with Gasteiger partial charge >= 0.3 is 0 Å². The van der Waals surface area contributed by atoms with Crippen molar-refractivity contribution in [3.63, 3.8) is 0 Å². The molecule has 0 fully saturated rings. The first kappa shape index (κ1) is 20.4. The van der Waals surface area contributed by atoms with E-state index in [0.717, 1.165) is 55.1 Å². The van der Waals surface area contributed by atoms with Crippen LogP contribution >= 0.6 is 11.3 Å². The molecule has 156 valence electrons. The Bertz CT molecular complexity index is 975. The maximum Gasteiger partial charge on any atom is 0.180 e. The van der Waals surface area contributed by atoms with Crippen LogP contribution in [0, 0.1) is 0 Å². The molecule has 0 saturated carbocycles. The van der Waals surface area contributed by atoms with Gasteiger partial charge in [-0.2, -0.15) is 0 Å². The Hall–Kier alpha value is -2.83. The van der Waals surface area contributed by atoms with Crippen LogP contribution in [0.15, 0.2) is 54.6 Å². The van der Waals surface area contributed by atoms with Crippen LogP contribution in [0.3, 0.4) is 0 Å². The molecule has 5 nitrogen and oxygen atoms in total. The molecular formula is C24H27N3O2S. The van der Waals surface area contributed by atoms with Gasteiger partial charge in [0.1, 0.15) is 6.61 Å². The molecule has 6 heteroatoms. The van der Waals surface area contributed by atoms with Gasteiger partial charge in [-0.15, -0.1) is 11.3 Å². The smallest absolute Gasteiger partial charge is 0.180 e. The lowest BCUT2D eigenvalue weighted by Gasteiger charge is -2.17. The Morgan fingerprint density at radius 3 is 2.77 bits per heavy atom. The molecule has 0 spiro atoms. The molecule has 1 aliphatic heterocycles. The molecule has 1 aromatic heterocycles. The van der Waals surface area contributed by atoms with Crippen LogP contribution < -0.4 is 15.2 Å². The second-order valence-corrected chi connectivity index (χ2v) is 8.42. The van der Waals surface area contributed by atoms with Gasteiger partial charge in [0, 0.05) is 30.9 Å². The van der Waals surface area contributed by atoms with Crippen molar-refractivity contribution in [1.82, 2.24) is 9.88 Å². The van der Waals surface area contributed by atoms with Gasteiger partial charge in [-0.3, -0.25) is 4.90 Å². The van der Waals surface area contributed by atoms with E-state index in [1.807, 2.05) is 30.3 Å². The minimum atomic E-state index is 0.515. The highest BCUT2D eigenvalue weighted by molar-refractivity contribution is 7.15. The van der Waals surface area contributed by atoms with Gasteiger partial charge in [-0.05, 0) is 29.7 Å². The fourth-order valence-electron chi connectivity index (χ4n) is 3.59. The van der Waals surface area contributed by atoms with E-state index in [4.69, 9.17) is 15.2 Å². The topological polar surface area (TPSA) is 60.6 Å². The minimum absolute atomic E-state index is 0.515. The van der Waals surface area contributed by atoms with Crippen molar-refractivity contribution in [2.45, 2.75) is 19.4 Å². The van der Waals surface area contributed by atoms with E-state index in [9.17, 15) is 0 Å². The number of aromatic nitrogens is 1. The van der Waals surface area contributed by atoms with Crippen LogP contribution in [0.25, 0.3) is 6.08 Å². The number of benzene rings is 2. The maximum absolute atomic E-state index is 6.02. The van der Waals surface area contributed by atoms with E-state index in [0.29, 0.717) is 11.7 Å². The summed E-state index contributed by atoms with van der Waals surface area (Å²) < 4.78 is 11.5. The molecular weight excluding hydrogens is 394 g/mol. The number of nitrogens with zero attached hydrogens (tertiary/aromatic N) is 2. The second kappa shape index (κ2) is 9.78. The van der Waals surface area contributed by atoms with Gasteiger partial charge in [0.25, 0.3) is 0 Å². The zero-order chi connectivity index (χ0) is 20.8. The predicted molar refractivity (Wildman–Crippen MR) is 123 cm³/mol. The summed E-state index contributed by atoms with van der Waals surface area (Å²) in [5.74, 6) is 1.50. The normalized spacial score (nSPS) is 14.4. The first-order valence-corrected chi connectivity index (χ1v) is 11.0. The first-order valence-electron chi connectivity index (χ1n) is 10.2. The number of ether oxygens (including phenoxy) is 2. The molecule has 0 aliphatic carbocycles. The lowest BCUT2D eigenvalue weighted by molar-refractivity contribution is 0.284. The summed E-state index contributed by atoms with van der Waals surface area (Å²) in [7, 11) is 1.67. The van der Waals surface area contributed by atoms with Crippen molar-refractivity contribution in [1.29, 1.82) is 0 Å². The fraction of sp³-hybridized carbons (Fsp3) is 0.292. The molecule has 2 heterocycles. The summed E-state index contributed by atoms with van der Waals surface area (Å²) in [5.41, 5.74) is 9.25. The number of nitrogens with two attached hydrogens (primary N) is 1. The SMILES string of the molecule is COc1ccc(/C=C/CN2CCc3nc(N)sc3CC2)cc1OCc1ccccc1. The molecule has 2 N–H and O–H groups in total. The lowest BCUT2D eigenvalue weighted by Crippen LogP contribution is -2.26. The van der Waals surface area contributed by atoms with E-state index < -0.39 is 0 Å². The number of hydrogen-bond acceptors (Lipinski definition) is 6. The second-order valence-electron chi connectivity index (χ2n) is 7.31. The monoisotopic (exact) mass is 421 g/mol. The summed E-state index contributed by atoms with van der Waals surface area (Å²) in [6.07, 6.45) is 6.35. The number of fused-ring (bicyclic) bond motifs is 1. The summed E-state index contributed by atoms with van der Waals surface area (Å²) in [4.78, 5) is 8.26. The zero-order valence-corrected chi connectivity index (χ0v) is 18.0. The Morgan fingerprint density at radius 2 is 1.93 bits per heavy atom. The van der Waals surface area contributed by atoms with Gasteiger partial charge in [0.15, 0.2) is 16.6 Å². The Kier molecular flexibility index (Phi) is 6.67. The third kappa shape index (κ3) is 5.20. The van der Waals surface area contributed by atoms with Crippen LogP contribution in [0.2, 0.25) is 0 Å². The molecule has 0 amide bonds. The standard InChI is InChI=1S/C24H27N3O2S/c1-28-21-10-9-18(16-22(21)29-17-19-6-3-2-4-7-19)8-5-13-27-14-11-20-23(12-15-27)30-24(25)26-20/h2-10,16H,11-15,17H2,1H3,(H2,25,26)/b8-5+. The Balaban J connectivity index is 1.35. The summed E-state index contributed by atoms with van der Waals surface area (Å²) in [6, 6.07) is 16.2. The number of nitrogen functional groups attached to an aromatic ring is 1. The van der Waals surface area contributed by atoms with Gasteiger partial charge in [0.2, 0.25) is 0 Å². The molecule has 0 bridgehead atoms. The van der Waals surface area contributed by atoms with E-state index in [1.54, 1.807) is 18.4 Å². The van der Waals surface area contributed by atoms with Crippen LogP contribution in [0.1, 0.15) is 21.7 Å². The van der Waals surface area contributed by atoms with E-state index in [-0.39, 0.29) is 0 Å². The number of thiazole rings is 1. The highest BCUT2D eigenvalue weighted by Crippen LogP contribution is 2.29. The van der Waals surface area contributed by atoms with Crippen LogP contribution in [0.4, 0.5) is 5.13 Å². The quantitative estimate of drug-likeness (QED) is 0.612. The zero-order valence-electron chi connectivity index (χ0n) is 17.2. The van der Waals surface area contributed by atoms with Gasteiger partial charge < -0.3 is 15.2 Å². The molecule has 0 unspecified atom stereocenters. The van der Waals surface area contributed by atoms with Crippen molar-refractivity contribution >= 4 is 22.5 Å². The predicted octanol–water partition coefficient (Wildman–Crippen LogP) is 4.43. The summed E-state index contributed by atoms with van der Waals surface area (Å²) in [6.45, 7) is 3.47. The molecule has 4 rings (SSSR count). The highest BCUT2D eigenvalue weighted by atomic mass is 32.1. The number of hydrogen-bond donors (Lipinski definition) is 1. The summed E-state index contributed by atoms with van der Waals surface area (Å²) in [5, 5.41) is 0.693. The van der Waals surface area contributed by atoms with Crippen LogP contribution in [0.5, 0.6) is 11.5 Å². The van der Waals surface area contributed by atoms with E-state index in [1.165, 1.54) is 10.6 Å². The van der Waals surface area contributed by atoms with Crippen LogP contribution in [-0.2, 0) is 19.4 Å². The average Bonchev–Trinajstić information content (AvgIpc) is 3.03. The minimum Gasteiger partial charge on any atom is -0.493 e. The molecule has 0 radical (unpaired) electrons. The Labute approximate surface area is 181 Å². The fourth-order valence-corrected chi connectivity index (χ4v) is 4.46. The molecule has 0 atom stereocenters. The van der Waals surface area contributed by atoms with Crippen molar-refractivity contribution < 1.29 is 9.47 Å². The largest absolute Gasteiger partial charge is 0.493 e. The van der Waals surface area contributed by atoms with Crippen LogP contribution in [-0.4, -0.2) is 36.6 Å². The molecule has 0 saturated heterocycles. The maximum atomic E-state index is 6.02. The van der Waals surface area contributed by atoms with Crippen molar-refractivity contribution in [3.8, 4) is 11.5 Å². The van der Waals surface area contributed by atoms with Crippen molar-refractivity contribution in [2.75, 3.05) is 32.5 Å². The molecule has 2 aromatic carbocycles. The van der Waals surface area contributed by atoms with Gasteiger partial charge in [0.05, 0.1) is 12.8 Å². The number of methoxy groups -OCH3 is 1. The van der Waals surface area contributed by atoms with Gasteiger partial charge in [-0.1, -0.05) is 48.6 Å². The Morgan fingerprint density at radius 1 is 1.10 bits per heavy atom. The average molecular weight is 422 g/mol. The van der Waals surface area contributed by atoms with Gasteiger partial charge in [-0.25, -0.2) is 4.98 Å². The molecule has 3 aromatic rings. The van der Waals surface area contributed by atoms with Crippen molar-refractivity contribution in [3.05, 3.63) is 76.3 Å². The lowest BCUT2D eigenvalue weighted by atomic mass is 10.2. The summed E-state index contributed by atoms with van der Waals surface area (Å²) >= 11 is 1.63.